The highest BCUT2D eigenvalue weighted by molar-refractivity contribution is 6.46. The molecule has 1 amide bonds. The Bertz CT molecular complexity index is 1240. The van der Waals surface area contributed by atoms with Crippen LogP contribution in [0.25, 0.3) is 5.76 Å². The number of aliphatic hydroxyl groups is 1. The zero-order valence-corrected chi connectivity index (χ0v) is 18.7. The molecule has 1 unspecified atom stereocenters. The summed E-state index contributed by atoms with van der Waals surface area (Å²) >= 11 is 0. The molecule has 8 heteroatoms. The molecule has 1 aromatic heterocycles. The van der Waals surface area contributed by atoms with Gasteiger partial charge < -0.3 is 19.5 Å². The molecule has 1 saturated heterocycles. The first-order valence-electron chi connectivity index (χ1n) is 10.7. The van der Waals surface area contributed by atoms with Gasteiger partial charge in [0.15, 0.2) is 11.5 Å². The lowest BCUT2D eigenvalue weighted by atomic mass is 9.95. The Labute approximate surface area is 196 Å². The lowest BCUT2D eigenvalue weighted by Gasteiger charge is -2.26. The van der Waals surface area contributed by atoms with Gasteiger partial charge in [-0.05, 0) is 60.5 Å². The number of hydrogen-bond donors (Lipinski definition) is 1. The number of Topliss-reactive ketones (excluding diaryl/α,β-unsaturated/α-hetero) is 1. The zero-order valence-electron chi connectivity index (χ0n) is 18.7. The maximum Gasteiger partial charge on any atom is 0.295 e. The van der Waals surface area contributed by atoms with Crippen molar-refractivity contribution < 1.29 is 28.6 Å². The number of halogens is 1. The minimum absolute atomic E-state index is 0.0910. The summed E-state index contributed by atoms with van der Waals surface area (Å²) in [6, 6.07) is 12.8. The van der Waals surface area contributed by atoms with Crippen molar-refractivity contribution in [1.82, 2.24) is 9.88 Å². The van der Waals surface area contributed by atoms with E-state index in [2.05, 4.69) is 4.98 Å². The molecule has 4 rings (SSSR count). The number of likely N-dealkylation sites (tertiary alicyclic amines) is 1. The average molecular weight is 462 g/mol. The average Bonchev–Trinajstić information content (AvgIpc) is 3.10. The van der Waals surface area contributed by atoms with Crippen molar-refractivity contribution in [1.29, 1.82) is 0 Å². The Balaban J connectivity index is 1.88. The fraction of sp³-hybridized carbons (Fsp3) is 0.192. The number of nitrogens with zero attached hydrogens (tertiary/aromatic N) is 2. The van der Waals surface area contributed by atoms with Crippen molar-refractivity contribution in [3.05, 3.63) is 95.1 Å². The van der Waals surface area contributed by atoms with Crippen LogP contribution in [0.2, 0.25) is 0 Å². The van der Waals surface area contributed by atoms with Crippen LogP contribution < -0.4 is 9.47 Å². The molecule has 7 nitrogen and oxygen atoms in total. The monoisotopic (exact) mass is 462 g/mol. The third-order valence-corrected chi connectivity index (χ3v) is 5.54. The van der Waals surface area contributed by atoms with Gasteiger partial charge in [0.1, 0.15) is 11.6 Å². The summed E-state index contributed by atoms with van der Waals surface area (Å²) in [6.07, 6.45) is 3.22. The largest absolute Gasteiger partial charge is 0.507 e. The first-order chi connectivity index (χ1) is 16.4. The summed E-state index contributed by atoms with van der Waals surface area (Å²) < 4.78 is 24.5. The molecule has 34 heavy (non-hydrogen) atoms. The quantitative estimate of drug-likeness (QED) is 0.321. The van der Waals surface area contributed by atoms with E-state index in [4.69, 9.17) is 9.47 Å². The van der Waals surface area contributed by atoms with Gasteiger partial charge in [-0.15, -0.1) is 0 Å². The smallest absolute Gasteiger partial charge is 0.295 e. The van der Waals surface area contributed by atoms with Crippen LogP contribution in [-0.4, -0.2) is 40.4 Å². The van der Waals surface area contributed by atoms with Crippen LogP contribution >= 0.6 is 0 Å². The fourth-order valence-corrected chi connectivity index (χ4v) is 3.97. The second-order valence-electron chi connectivity index (χ2n) is 7.64. The molecular weight excluding hydrogens is 439 g/mol. The summed E-state index contributed by atoms with van der Waals surface area (Å²) in [7, 11) is 1.49. The molecule has 3 aromatic rings. The second kappa shape index (κ2) is 9.74. The summed E-state index contributed by atoms with van der Waals surface area (Å²) in [6.45, 7) is 2.37. The van der Waals surface area contributed by atoms with Gasteiger partial charge in [0.05, 0.1) is 25.3 Å². The predicted molar refractivity (Wildman–Crippen MR) is 123 cm³/mol. The summed E-state index contributed by atoms with van der Waals surface area (Å²) in [5.74, 6) is -1.52. The van der Waals surface area contributed by atoms with Gasteiger partial charge in [-0.1, -0.05) is 12.1 Å². The van der Waals surface area contributed by atoms with E-state index in [-0.39, 0.29) is 23.4 Å². The van der Waals surface area contributed by atoms with Crippen LogP contribution in [-0.2, 0) is 16.1 Å². The highest BCUT2D eigenvalue weighted by atomic mass is 19.1. The van der Waals surface area contributed by atoms with Crippen LogP contribution in [0.5, 0.6) is 11.5 Å². The number of carbonyl (C=O) groups excluding carboxylic acids is 2. The Kier molecular flexibility index (Phi) is 6.58. The summed E-state index contributed by atoms with van der Waals surface area (Å²) in [5, 5.41) is 11.1. The normalized spacial score (nSPS) is 17.1. The number of benzene rings is 2. The molecule has 2 aromatic carbocycles. The van der Waals surface area contributed by atoms with Crippen molar-refractivity contribution in [2.45, 2.75) is 19.5 Å². The van der Waals surface area contributed by atoms with Crippen molar-refractivity contribution >= 4 is 17.4 Å². The zero-order chi connectivity index (χ0) is 24.2. The lowest BCUT2D eigenvalue weighted by Crippen LogP contribution is -2.29. The van der Waals surface area contributed by atoms with Gasteiger partial charge in [0.2, 0.25) is 0 Å². The lowest BCUT2D eigenvalue weighted by molar-refractivity contribution is -0.140. The van der Waals surface area contributed by atoms with E-state index in [0.717, 1.165) is 0 Å². The first-order valence-corrected chi connectivity index (χ1v) is 10.7. The Morgan fingerprint density at radius 3 is 2.53 bits per heavy atom. The Hall–Kier alpha value is -4.20. The van der Waals surface area contributed by atoms with E-state index in [1.807, 2.05) is 6.92 Å². The van der Waals surface area contributed by atoms with E-state index >= 15 is 0 Å². The topological polar surface area (TPSA) is 89.0 Å². The van der Waals surface area contributed by atoms with Crippen molar-refractivity contribution in [2.75, 3.05) is 13.7 Å². The van der Waals surface area contributed by atoms with Crippen molar-refractivity contribution in [3.63, 3.8) is 0 Å². The molecule has 1 atom stereocenters. The maximum atomic E-state index is 13.4. The SMILES string of the molecule is CCOc1ccc(C2C(=C(O)c3ccc(F)cc3)C(=O)C(=O)N2Cc2cccnc2)cc1OC. The van der Waals surface area contributed by atoms with E-state index in [1.54, 1.807) is 42.7 Å². The molecule has 1 fully saturated rings. The minimum Gasteiger partial charge on any atom is -0.507 e. The number of aromatic nitrogens is 1. The molecule has 0 aliphatic carbocycles. The first kappa shape index (κ1) is 23.0. The van der Waals surface area contributed by atoms with E-state index in [9.17, 15) is 19.1 Å². The third kappa shape index (κ3) is 4.34. The number of aliphatic hydroxyl groups excluding tert-OH is 1. The van der Waals surface area contributed by atoms with E-state index < -0.39 is 23.5 Å². The summed E-state index contributed by atoms with van der Waals surface area (Å²) in [4.78, 5) is 31.7. The molecular formula is C26H23FN2O5. The molecule has 0 spiro atoms. The maximum absolute atomic E-state index is 13.4. The van der Waals surface area contributed by atoms with Gasteiger partial charge in [-0.25, -0.2) is 4.39 Å². The highest BCUT2D eigenvalue weighted by Crippen LogP contribution is 2.42. The van der Waals surface area contributed by atoms with Crippen LogP contribution in [0, 0.1) is 5.82 Å². The number of amides is 1. The number of hydrogen-bond acceptors (Lipinski definition) is 6. The second-order valence-corrected chi connectivity index (χ2v) is 7.64. The minimum atomic E-state index is -0.908. The number of pyridine rings is 1. The van der Waals surface area contributed by atoms with Gasteiger partial charge >= 0.3 is 0 Å². The number of ether oxygens (including phenoxy) is 2. The fourth-order valence-electron chi connectivity index (χ4n) is 3.97. The highest BCUT2D eigenvalue weighted by Gasteiger charge is 2.46. The van der Waals surface area contributed by atoms with Gasteiger partial charge in [-0.3, -0.25) is 14.6 Å². The van der Waals surface area contributed by atoms with Crippen LogP contribution in [0.4, 0.5) is 4.39 Å². The molecule has 174 valence electrons. The van der Waals surface area contributed by atoms with E-state index in [0.29, 0.717) is 29.2 Å². The van der Waals surface area contributed by atoms with Gasteiger partial charge in [0, 0.05) is 24.5 Å². The standard InChI is InChI=1S/C26H23FN2O5/c1-3-34-20-11-8-18(13-21(20)33-2)23-22(24(30)17-6-9-19(27)10-7-17)25(31)26(32)29(23)15-16-5-4-12-28-14-16/h4-14,23,30H,3,15H2,1-2H3. The number of carbonyl (C=O) groups is 2. The number of rotatable bonds is 7. The van der Waals surface area contributed by atoms with Crippen molar-refractivity contribution in [2.24, 2.45) is 0 Å². The van der Waals surface area contributed by atoms with Crippen LogP contribution in [0.1, 0.15) is 29.7 Å². The molecule has 1 aliphatic heterocycles. The number of ketones is 1. The van der Waals surface area contributed by atoms with Crippen LogP contribution in [0.3, 0.4) is 0 Å². The third-order valence-electron chi connectivity index (χ3n) is 5.54. The Morgan fingerprint density at radius 1 is 1.12 bits per heavy atom. The van der Waals surface area contributed by atoms with Gasteiger partial charge in [-0.2, -0.15) is 0 Å². The molecule has 0 radical (unpaired) electrons. The molecule has 1 N–H and O–H groups in total. The van der Waals surface area contributed by atoms with Crippen LogP contribution in [0.15, 0.2) is 72.6 Å². The molecule has 0 bridgehead atoms. The van der Waals surface area contributed by atoms with Crippen molar-refractivity contribution in [3.8, 4) is 11.5 Å². The molecule has 1 aliphatic rings. The molecule has 2 heterocycles. The van der Waals surface area contributed by atoms with E-state index in [1.165, 1.54) is 36.3 Å². The molecule has 0 saturated carbocycles. The predicted octanol–water partition coefficient (Wildman–Crippen LogP) is 4.25. The number of methoxy groups -OCH3 is 1. The van der Waals surface area contributed by atoms with Gasteiger partial charge in [0.25, 0.3) is 11.7 Å². The Morgan fingerprint density at radius 2 is 1.88 bits per heavy atom. The summed E-state index contributed by atoms with van der Waals surface area (Å²) in [5.41, 5.74) is 1.40.